The van der Waals surface area contributed by atoms with Crippen LogP contribution >= 0.6 is 0 Å². The molecule has 0 fully saturated rings. The van der Waals surface area contributed by atoms with Crippen molar-refractivity contribution >= 4 is 11.6 Å². The molecule has 0 unspecified atom stereocenters. The molecule has 0 bridgehead atoms. The number of aryl methyl sites for hydroxylation is 2. The number of nitriles is 1. The Kier molecular flexibility index (Phi) is 4.19. The van der Waals surface area contributed by atoms with Gasteiger partial charge in [0.15, 0.2) is 17.3 Å². The Morgan fingerprint density at radius 2 is 1.90 bits per heavy atom. The molecule has 0 radical (unpaired) electrons. The monoisotopic (exact) mass is 281 g/mol. The van der Waals surface area contributed by atoms with Gasteiger partial charge in [-0.05, 0) is 43.7 Å². The second-order valence-electron chi connectivity index (χ2n) is 4.58. The maximum Gasteiger partial charge on any atom is 0.170 e. The lowest BCUT2D eigenvalue weighted by molar-refractivity contribution is 0.373. The van der Waals surface area contributed by atoms with E-state index in [1.807, 2.05) is 19.9 Å². The van der Waals surface area contributed by atoms with Crippen molar-refractivity contribution in [1.82, 2.24) is 9.97 Å². The number of phenolic OH excluding ortho intramolecular Hbond substituents is 1. The average molecular weight is 281 g/mol. The van der Waals surface area contributed by atoms with E-state index < -0.39 is 0 Å². The zero-order chi connectivity index (χ0) is 15.4. The van der Waals surface area contributed by atoms with E-state index in [9.17, 15) is 10.4 Å². The van der Waals surface area contributed by atoms with E-state index in [1.165, 1.54) is 13.2 Å². The van der Waals surface area contributed by atoms with Crippen LogP contribution in [0, 0.1) is 25.2 Å². The van der Waals surface area contributed by atoms with E-state index in [1.54, 1.807) is 18.2 Å². The predicted octanol–water partition coefficient (Wildman–Crippen LogP) is 2.87. The molecule has 1 aromatic carbocycles. The number of nitrogens with zero attached hydrogens (tertiary/aromatic N) is 3. The van der Waals surface area contributed by atoms with Gasteiger partial charge in [0.1, 0.15) is 6.07 Å². The summed E-state index contributed by atoms with van der Waals surface area (Å²) in [6, 6.07) is 8.85. The number of phenols is 1. The highest BCUT2D eigenvalue weighted by molar-refractivity contribution is 5.87. The first-order valence-electron chi connectivity index (χ1n) is 6.35. The summed E-state index contributed by atoms with van der Waals surface area (Å²) < 4.78 is 4.99. The molecular formula is C16H15N3O2. The number of methoxy groups -OCH3 is 1. The van der Waals surface area contributed by atoms with Crippen LogP contribution < -0.4 is 4.74 Å². The molecule has 0 aliphatic heterocycles. The van der Waals surface area contributed by atoms with Crippen LogP contribution in [0.25, 0.3) is 11.6 Å². The number of rotatable bonds is 3. The fourth-order valence-corrected chi connectivity index (χ4v) is 1.96. The number of ether oxygens (including phenoxy) is 1. The van der Waals surface area contributed by atoms with E-state index in [2.05, 4.69) is 16.0 Å². The summed E-state index contributed by atoms with van der Waals surface area (Å²) in [5.74, 6) is 0.781. The third-order valence-electron chi connectivity index (χ3n) is 2.86. The lowest BCUT2D eigenvalue weighted by Gasteiger charge is -2.05. The number of hydrogen-bond donors (Lipinski definition) is 1. The Morgan fingerprint density at radius 3 is 2.43 bits per heavy atom. The van der Waals surface area contributed by atoms with Gasteiger partial charge < -0.3 is 9.84 Å². The van der Waals surface area contributed by atoms with E-state index >= 15 is 0 Å². The molecule has 1 heterocycles. The molecule has 0 atom stereocenters. The molecule has 2 aromatic rings. The molecule has 2 rings (SSSR count). The summed E-state index contributed by atoms with van der Waals surface area (Å²) in [7, 11) is 1.48. The highest BCUT2D eigenvalue weighted by Crippen LogP contribution is 2.27. The fourth-order valence-electron chi connectivity index (χ4n) is 1.96. The molecule has 5 heteroatoms. The Bertz CT molecular complexity index is 725. The molecule has 21 heavy (non-hydrogen) atoms. The van der Waals surface area contributed by atoms with Crippen LogP contribution in [0.2, 0.25) is 0 Å². The zero-order valence-electron chi connectivity index (χ0n) is 12.1. The van der Waals surface area contributed by atoms with E-state index in [0.29, 0.717) is 22.7 Å². The SMILES string of the molecule is COc1ccc(/C=C(\C#N)c2nc(C)cc(C)n2)cc1O. The second-order valence-corrected chi connectivity index (χ2v) is 4.58. The molecule has 1 N–H and O–H groups in total. The van der Waals surface area contributed by atoms with Crippen LogP contribution in [-0.2, 0) is 0 Å². The zero-order valence-corrected chi connectivity index (χ0v) is 12.1. The van der Waals surface area contributed by atoms with Crippen molar-refractivity contribution in [2.45, 2.75) is 13.8 Å². The Hall–Kier alpha value is -2.87. The smallest absolute Gasteiger partial charge is 0.170 e. The fraction of sp³-hybridized carbons (Fsp3) is 0.188. The summed E-state index contributed by atoms with van der Waals surface area (Å²) in [6.07, 6.45) is 1.63. The van der Waals surface area contributed by atoms with Gasteiger partial charge in [0.05, 0.1) is 12.7 Å². The number of allylic oxidation sites excluding steroid dienone is 1. The van der Waals surface area contributed by atoms with Gasteiger partial charge in [-0.1, -0.05) is 6.07 Å². The molecule has 0 saturated heterocycles. The average Bonchev–Trinajstić information content (AvgIpc) is 2.43. The Balaban J connectivity index is 2.46. The van der Waals surface area contributed by atoms with E-state index in [-0.39, 0.29) is 5.75 Å². The molecule has 0 saturated carbocycles. The van der Waals surface area contributed by atoms with Gasteiger partial charge in [-0.15, -0.1) is 0 Å². The Labute approximate surface area is 123 Å². The minimum atomic E-state index is 0.0184. The van der Waals surface area contributed by atoms with Crippen molar-refractivity contribution in [2.24, 2.45) is 0 Å². The minimum Gasteiger partial charge on any atom is -0.504 e. The van der Waals surface area contributed by atoms with Gasteiger partial charge in [-0.2, -0.15) is 5.26 Å². The third kappa shape index (κ3) is 3.37. The van der Waals surface area contributed by atoms with Crippen LogP contribution in [0.3, 0.4) is 0 Å². The van der Waals surface area contributed by atoms with Gasteiger partial charge in [0.2, 0.25) is 0 Å². The maximum atomic E-state index is 9.77. The summed E-state index contributed by atoms with van der Waals surface area (Å²) in [6.45, 7) is 3.71. The molecule has 0 amide bonds. The van der Waals surface area contributed by atoms with Crippen LogP contribution in [0.4, 0.5) is 0 Å². The van der Waals surface area contributed by atoms with Crippen molar-refractivity contribution in [2.75, 3.05) is 7.11 Å². The van der Waals surface area contributed by atoms with Crippen molar-refractivity contribution in [3.63, 3.8) is 0 Å². The highest BCUT2D eigenvalue weighted by Gasteiger charge is 2.08. The molecule has 0 spiro atoms. The summed E-state index contributed by atoms with van der Waals surface area (Å²) in [5.41, 5.74) is 2.62. The lowest BCUT2D eigenvalue weighted by Crippen LogP contribution is -1.97. The van der Waals surface area contributed by atoms with Crippen LogP contribution in [0.1, 0.15) is 22.8 Å². The van der Waals surface area contributed by atoms with Gasteiger partial charge in [-0.3, -0.25) is 0 Å². The van der Waals surface area contributed by atoms with Gasteiger partial charge in [0, 0.05) is 11.4 Å². The Morgan fingerprint density at radius 1 is 1.24 bits per heavy atom. The van der Waals surface area contributed by atoms with Crippen molar-refractivity contribution in [1.29, 1.82) is 5.26 Å². The topological polar surface area (TPSA) is 79.0 Å². The van der Waals surface area contributed by atoms with Gasteiger partial charge >= 0.3 is 0 Å². The number of benzene rings is 1. The standard InChI is InChI=1S/C16H15N3O2/c1-10-6-11(2)19-16(18-10)13(9-17)7-12-4-5-15(21-3)14(20)8-12/h4-8,20H,1-3H3/b13-7+. The van der Waals surface area contributed by atoms with E-state index in [4.69, 9.17) is 4.74 Å². The largest absolute Gasteiger partial charge is 0.504 e. The minimum absolute atomic E-state index is 0.0184. The quantitative estimate of drug-likeness (QED) is 0.875. The first-order chi connectivity index (χ1) is 10.0. The van der Waals surface area contributed by atoms with E-state index in [0.717, 1.165) is 11.4 Å². The molecule has 1 aromatic heterocycles. The van der Waals surface area contributed by atoms with Crippen LogP contribution in [0.5, 0.6) is 11.5 Å². The molecular weight excluding hydrogens is 266 g/mol. The van der Waals surface area contributed by atoms with Crippen molar-refractivity contribution in [3.8, 4) is 17.6 Å². The van der Waals surface area contributed by atoms with Gasteiger partial charge in [-0.25, -0.2) is 9.97 Å². The summed E-state index contributed by atoms with van der Waals surface area (Å²) in [5, 5.41) is 19.1. The second kappa shape index (κ2) is 6.06. The molecule has 106 valence electrons. The first-order valence-corrected chi connectivity index (χ1v) is 6.35. The summed E-state index contributed by atoms with van der Waals surface area (Å²) >= 11 is 0. The van der Waals surface area contributed by atoms with Crippen LogP contribution in [0.15, 0.2) is 24.3 Å². The number of aromatic hydroxyl groups is 1. The normalized spacial score (nSPS) is 11.0. The highest BCUT2D eigenvalue weighted by atomic mass is 16.5. The predicted molar refractivity (Wildman–Crippen MR) is 79.6 cm³/mol. The van der Waals surface area contributed by atoms with Crippen molar-refractivity contribution < 1.29 is 9.84 Å². The summed E-state index contributed by atoms with van der Waals surface area (Å²) in [4.78, 5) is 8.54. The number of hydrogen-bond acceptors (Lipinski definition) is 5. The molecule has 0 aliphatic carbocycles. The third-order valence-corrected chi connectivity index (χ3v) is 2.86. The number of aromatic nitrogens is 2. The maximum absolute atomic E-state index is 9.77. The first kappa shape index (κ1) is 14.5. The lowest BCUT2D eigenvalue weighted by atomic mass is 10.1. The van der Waals surface area contributed by atoms with Crippen molar-refractivity contribution in [3.05, 3.63) is 47.0 Å². The van der Waals surface area contributed by atoms with Crippen LogP contribution in [-0.4, -0.2) is 22.2 Å². The molecule has 0 aliphatic rings. The molecule has 5 nitrogen and oxygen atoms in total. The van der Waals surface area contributed by atoms with Gasteiger partial charge in [0.25, 0.3) is 0 Å².